The molecule has 2 aliphatic rings. The molecule has 130 valence electrons. The summed E-state index contributed by atoms with van der Waals surface area (Å²) in [7, 11) is 4.30. The maximum atomic E-state index is 5.98. The lowest BCUT2D eigenvalue weighted by atomic mass is 9.78. The van der Waals surface area contributed by atoms with E-state index in [9.17, 15) is 0 Å². The molecule has 0 N–H and O–H groups in total. The van der Waals surface area contributed by atoms with Gasteiger partial charge in [-0.15, -0.1) is 0 Å². The Labute approximate surface area is 140 Å². The first kappa shape index (κ1) is 17.0. The van der Waals surface area contributed by atoms with E-state index >= 15 is 0 Å². The summed E-state index contributed by atoms with van der Waals surface area (Å²) in [6.07, 6.45) is 6.11. The fourth-order valence-electron chi connectivity index (χ4n) is 3.74. The van der Waals surface area contributed by atoms with Gasteiger partial charge in [0.25, 0.3) is 0 Å². The molecule has 1 spiro atoms. The molecule has 1 aromatic rings. The molecule has 3 rings (SSSR count). The second-order valence-electron chi connectivity index (χ2n) is 7.54. The van der Waals surface area contributed by atoms with Gasteiger partial charge in [-0.2, -0.15) is 0 Å². The molecule has 5 heteroatoms. The molecule has 23 heavy (non-hydrogen) atoms. The van der Waals surface area contributed by atoms with Gasteiger partial charge in [0, 0.05) is 43.7 Å². The van der Waals surface area contributed by atoms with Crippen LogP contribution < -0.4 is 0 Å². The first-order chi connectivity index (χ1) is 11.2. The fraction of sp³-hybridized carbons (Fsp3) is 0.778. The fourth-order valence-corrected chi connectivity index (χ4v) is 3.74. The second-order valence-corrected chi connectivity index (χ2v) is 7.54. The van der Waals surface area contributed by atoms with Gasteiger partial charge in [-0.3, -0.25) is 9.80 Å². The average Bonchev–Trinajstić information content (AvgIpc) is 2.96. The van der Waals surface area contributed by atoms with E-state index in [4.69, 9.17) is 9.15 Å². The summed E-state index contributed by atoms with van der Waals surface area (Å²) in [4.78, 5) is 7.43. The number of nitrogens with zero attached hydrogens (tertiary/aromatic N) is 3. The lowest BCUT2D eigenvalue weighted by molar-refractivity contribution is 0.0127. The number of likely N-dealkylation sites (N-methyl/N-ethyl adjacent to an activating group) is 1. The summed E-state index contributed by atoms with van der Waals surface area (Å²) in [6.45, 7) is 9.71. The van der Waals surface area contributed by atoms with Gasteiger partial charge in [-0.25, -0.2) is 0 Å². The summed E-state index contributed by atoms with van der Waals surface area (Å²) in [6, 6.07) is 2.07. The highest BCUT2D eigenvalue weighted by Crippen LogP contribution is 2.34. The van der Waals surface area contributed by atoms with Crippen LogP contribution in [0.4, 0.5) is 0 Å². The van der Waals surface area contributed by atoms with Crippen molar-refractivity contribution in [2.45, 2.75) is 19.4 Å². The molecule has 0 saturated carbocycles. The standard InChI is InChI=1S/C18H31N3O2/c1-19(2)8-9-21-10-12-23-16-18(15-21)4-6-20(7-5-18)13-17-3-11-22-14-17/h3,11,14H,4-10,12-13,15-16H2,1-2H3. The number of hydrogen-bond acceptors (Lipinski definition) is 5. The van der Waals surface area contributed by atoms with Crippen LogP contribution in [0, 0.1) is 5.41 Å². The van der Waals surface area contributed by atoms with Crippen LogP contribution in [0.15, 0.2) is 23.0 Å². The van der Waals surface area contributed by atoms with E-state index in [0.29, 0.717) is 5.41 Å². The number of hydrogen-bond donors (Lipinski definition) is 0. The third kappa shape index (κ3) is 4.80. The highest BCUT2D eigenvalue weighted by molar-refractivity contribution is 5.05. The van der Waals surface area contributed by atoms with Crippen LogP contribution in [0.2, 0.25) is 0 Å². The lowest BCUT2D eigenvalue weighted by Gasteiger charge is -2.42. The van der Waals surface area contributed by atoms with E-state index in [1.807, 2.05) is 6.26 Å². The average molecular weight is 321 g/mol. The summed E-state index contributed by atoms with van der Waals surface area (Å²) < 4.78 is 11.2. The van der Waals surface area contributed by atoms with E-state index < -0.39 is 0 Å². The SMILES string of the molecule is CN(C)CCN1CCOCC2(CCN(Cc3ccoc3)CC2)C1. The highest BCUT2D eigenvalue weighted by Gasteiger charge is 2.37. The number of furan rings is 1. The molecule has 0 aliphatic carbocycles. The Bertz CT molecular complexity index is 453. The smallest absolute Gasteiger partial charge is 0.0947 e. The molecule has 2 fully saturated rings. The Morgan fingerprint density at radius 3 is 2.70 bits per heavy atom. The zero-order valence-electron chi connectivity index (χ0n) is 14.7. The topological polar surface area (TPSA) is 32.1 Å². The highest BCUT2D eigenvalue weighted by atomic mass is 16.5. The van der Waals surface area contributed by atoms with E-state index in [-0.39, 0.29) is 0 Å². The van der Waals surface area contributed by atoms with E-state index in [1.54, 1.807) is 6.26 Å². The zero-order chi connectivity index (χ0) is 16.1. The first-order valence-electron chi connectivity index (χ1n) is 8.84. The molecule has 1 aromatic heterocycles. The molecule has 0 radical (unpaired) electrons. The van der Waals surface area contributed by atoms with Crippen molar-refractivity contribution in [1.29, 1.82) is 0 Å². The normalized spacial score (nSPS) is 23.4. The van der Waals surface area contributed by atoms with Crippen LogP contribution >= 0.6 is 0 Å². The molecule has 0 atom stereocenters. The minimum atomic E-state index is 0.357. The number of ether oxygens (including phenoxy) is 1. The van der Waals surface area contributed by atoms with Gasteiger partial charge in [0.2, 0.25) is 0 Å². The van der Waals surface area contributed by atoms with Crippen LogP contribution in [0.3, 0.4) is 0 Å². The van der Waals surface area contributed by atoms with Crippen molar-refractivity contribution in [3.8, 4) is 0 Å². The van der Waals surface area contributed by atoms with Crippen molar-refractivity contribution >= 4 is 0 Å². The molecule has 2 saturated heterocycles. The van der Waals surface area contributed by atoms with E-state index in [2.05, 4.69) is 34.9 Å². The van der Waals surface area contributed by atoms with Crippen LogP contribution in [-0.4, -0.2) is 81.3 Å². The lowest BCUT2D eigenvalue weighted by Crippen LogP contribution is -2.47. The van der Waals surface area contributed by atoms with Gasteiger partial charge in [0.15, 0.2) is 0 Å². The monoisotopic (exact) mass is 321 g/mol. The van der Waals surface area contributed by atoms with Gasteiger partial charge >= 0.3 is 0 Å². The molecule has 0 unspecified atom stereocenters. The van der Waals surface area contributed by atoms with Crippen LogP contribution in [0.25, 0.3) is 0 Å². The molecule has 5 nitrogen and oxygen atoms in total. The molecule has 2 aliphatic heterocycles. The minimum absolute atomic E-state index is 0.357. The van der Waals surface area contributed by atoms with Crippen molar-refractivity contribution in [2.24, 2.45) is 5.41 Å². The van der Waals surface area contributed by atoms with Crippen molar-refractivity contribution < 1.29 is 9.15 Å². The van der Waals surface area contributed by atoms with Crippen molar-refractivity contribution in [2.75, 3.05) is 66.6 Å². The summed E-state index contributed by atoms with van der Waals surface area (Å²) in [5, 5.41) is 0. The number of rotatable bonds is 5. The third-order valence-electron chi connectivity index (χ3n) is 5.29. The van der Waals surface area contributed by atoms with Crippen LogP contribution in [-0.2, 0) is 11.3 Å². The van der Waals surface area contributed by atoms with Crippen LogP contribution in [0.1, 0.15) is 18.4 Å². The Balaban J connectivity index is 1.52. The maximum Gasteiger partial charge on any atom is 0.0947 e. The molecule has 3 heterocycles. The van der Waals surface area contributed by atoms with Gasteiger partial charge in [-0.1, -0.05) is 0 Å². The summed E-state index contributed by atoms with van der Waals surface area (Å²) >= 11 is 0. The van der Waals surface area contributed by atoms with Gasteiger partial charge in [-0.05, 0) is 46.1 Å². The quantitative estimate of drug-likeness (QED) is 0.825. The Morgan fingerprint density at radius 2 is 2.00 bits per heavy atom. The molecule has 0 aromatic carbocycles. The molecule has 0 bridgehead atoms. The van der Waals surface area contributed by atoms with Gasteiger partial charge < -0.3 is 14.1 Å². The molecular weight excluding hydrogens is 290 g/mol. The predicted molar refractivity (Wildman–Crippen MR) is 91.5 cm³/mol. The number of piperidine rings is 1. The van der Waals surface area contributed by atoms with Gasteiger partial charge in [0.1, 0.15) is 0 Å². The second kappa shape index (κ2) is 7.79. The summed E-state index contributed by atoms with van der Waals surface area (Å²) in [5.74, 6) is 0. The van der Waals surface area contributed by atoms with Crippen molar-refractivity contribution in [3.63, 3.8) is 0 Å². The maximum absolute atomic E-state index is 5.98. The molecule has 0 amide bonds. The minimum Gasteiger partial charge on any atom is -0.472 e. The van der Waals surface area contributed by atoms with Crippen LogP contribution in [0.5, 0.6) is 0 Å². The number of likely N-dealkylation sites (tertiary alicyclic amines) is 1. The summed E-state index contributed by atoms with van der Waals surface area (Å²) in [5.41, 5.74) is 1.64. The predicted octanol–water partition coefficient (Wildman–Crippen LogP) is 1.76. The first-order valence-corrected chi connectivity index (χ1v) is 8.84. The van der Waals surface area contributed by atoms with E-state index in [0.717, 1.165) is 52.5 Å². The third-order valence-corrected chi connectivity index (χ3v) is 5.29. The van der Waals surface area contributed by atoms with E-state index in [1.165, 1.54) is 24.9 Å². The van der Waals surface area contributed by atoms with Crippen molar-refractivity contribution in [1.82, 2.24) is 14.7 Å². The molecular formula is C18H31N3O2. The Hall–Kier alpha value is -0.880. The van der Waals surface area contributed by atoms with Gasteiger partial charge in [0.05, 0.1) is 25.7 Å². The Kier molecular flexibility index (Phi) is 5.75. The van der Waals surface area contributed by atoms with Crippen molar-refractivity contribution in [3.05, 3.63) is 24.2 Å². The Morgan fingerprint density at radius 1 is 1.17 bits per heavy atom. The zero-order valence-corrected chi connectivity index (χ0v) is 14.7. The largest absolute Gasteiger partial charge is 0.472 e.